The molecule has 0 N–H and O–H groups in total. The standard InChI is InChI=1S/C37H22N2O2/c1-2-9-23(10-3-1)37-38-31-14-8-13-26(36(31)41-37)24-17-19-29-30-22-25(18-20-34(30)40-35(29)21-24)39-32-15-6-4-11-27(32)28-12-5-7-16-33(28)39/h1-22H. The lowest BCUT2D eigenvalue weighted by atomic mass is 10.0. The van der Waals surface area contributed by atoms with Crippen LogP contribution in [0.25, 0.3) is 83.1 Å². The molecular formula is C37H22N2O2. The Kier molecular flexibility index (Phi) is 4.58. The van der Waals surface area contributed by atoms with Crippen LogP contribution in [-0.4, -0.2) is 9.55 Å². The van der Waals surface area contributed by atoms with E-state index >= 15 is 0 Å². The lowest BCUT2D eigenvalue weighted by Gasteiger charge is -2.08. The fraction of sp³-hybridized carbons (Fsp3) is 0. The van der Waals surface area contributed by atoms with Crippen LogP contribution in [0.2, 0.25) is 0 Å². The van der Waals surface area contributed by atoms with Crippen molar-refractivity contribution < 1.29 is 8.83 Å². The largest absolute Gasteiger partial charge is 0.456 e. The van der Waals surface area contributed by atoms with Crippen LogP contribution in [0, 0.1) is 0 Å². The highest BCUT2D eigenvalue weighted by molar-refractivity contribution is 6.11. The number of para-hydroxylation sites is 3. The van der Waals surface area contributed by atoms with Crippen molar-refractivity contribution in [2.45, 2.75) is 0 Å². The lowest BCUT2D eigenvalue weighted by Crippen LogP contribution is -1.93. The van der Waals surface area contributed by atoms with E-state index < -0.39 is 0 Å². The molecule has 0 saturated carbocycles. The van der Waals surface area contributed by atoms with Gasteiger partial charge >= 0.3 is 0 Å². The van der Waals surface area contributed by atoms with Crippen molar-refractivity contribution in [3.8, 4) is 28.3 Å². The van der Waals surface area contributed by atoms with Gasteiger partial charge in [-0.05, 0) is 66.2 Å². The number of rotatable bonds is 3. The molecule has 0 aliphatic rings. The number of furan rings is 1. The minimum absolute atomic E-state index is 0.621. The van der Waals surface area contributed by atoms with E-state index in [1.165, 1.54) is 21.8 Å². The second-order valence-corrected chi connectivity index (χ2v) is 10.4. The molecule has 192 valence electrons. The van der Waals surface area contributed by atoms with E-state index in [4.69, 9.17) is 13.8 Å². The Labute approximate surface area is 234 Å². The van der Waals surface area contributed by atoms with Crippen LogP contribution < -0.4 is 0 Å². The van der Waals surface area contributed by atoms with Gasteiger partial charge in [-0.15, -0.1) is 0 Å². The molecule has 0 spiro atoms. The van der Waals surface area contributed by atoms with Crippen LogP contribution in [0.4, 0.5) is 0 Å². The van der Waals surface area contributed by atoms with Gasteiger partial charge in [0.1, 0.15) is 16.7 Å². The van der Waals surface area contributed by atoms with Crippen molar-refractivity contribution in [1.82, 2.24) is 9.55 Å². The van der Waals surface area contributed by atoms with Crippen LogP contribution >= 0.6 is 0 Å². The summed E-state index contributed by atoms with van der Waals surface area (Å²) in [7, 11) is 0. The van der Waals surface area contributed by atoms with E-state index in [1.54, 1.807) is 0 Å². The molecule has 0 aliphatic carbocycles. The predicted octanol–water partition coefficient (Wildman–Crippen LogP) is 10.2. The van der Waals surface area contributed by atoms with Crippen LogP contribution in [-0.2, 0) is 0 Å². The van der Waals surface area contributed by atoms with Crippen molar-refractivity contribution in [1.29, 1.82) is 0 Å². The third-order valence-corrected chi connectivity index (χ3v) is 8.04. The maximum absolute atomic E-state index is 6.39. The van der Waals surface area contributed by atoms with E-state index in [9.17, 15) is 0 Å². The predicted molar refractivity (Wildman–Crippen MR) is 166 cm³/mol. The highest BCUT2D eigenvalue weighted by atomic mass is 16.3. The number of hydrogen-bond acceptors (Lipinski definition) is 3. The van der Waals surface area contributed by atoms with Crippen molar-refractivity contribution in [2.24, 2.45) is 0 Å². The monoisotopic (exact) mass is 526 g/mol. The van der Waals surface area contributed by atoms with Crippen molar-refractivity contribution >= 4 is 54.8 Å². The first-order valence-corrected chi connectivity index (χ1v) is 13.7. The van der Waals surface area contributed by atoms with Gasteiger partial charge in [0.15, 0.2) is 5.58 Å². The summed E-state index contributed by atoms with van der Waals surface area (Å²) < 4.78 is 15.0. The Morgan fingerprint density at radius 3 is 2.05 bits per heavy atom. The Bertz CT molecular complexity index is 2370. The molecular weight excluding hydrogens is 504 g/mol. The Balaban J connectivity index is 1.20. The summed E-state index contributed by atoms with van der Waals surface area (Å²) in [6.07, 6.45) is 0. The first-order valence-electron chi connectivity index (χ1n) is 13.7. The van der Waals surface area contributed by atoms with Gasteiger partial charge in [0.05, 0.1) is 11.0 Å². The maximum Gasteiger partial charge on any atom is 0.227 e. The molecule has 0 fully saturated rings. The summed E-state index contributed by atoms with van der Waals surface area (Å²) in [5, 5.41) is 4.68. The molecule has 0 bridgehead atoms. The summed E-state index contributed by atoms with van der Waals surface area (Å²) >= 11 is 0. The number of oxazole rings is 1. The molecule has 9 aromatic rings. The Morgan fingerprint density at radius 2 is 1.24 bits per heavy atom. The second kappa shape index (κ2) is 8.44. The first kappa shape index (κ1) is 22.2. The molecule has 0 radical (unpaired) electrons. The van der Waals surface area contributed by atoms with Crippen LogP contribution in [0.5, 0.6) is 0 Å². The average Bonchev–Trinajstić information content (AvgIpc) is 3.72. The van der Waals surface area contributed by atoms with Gasteiger partial charge in [-0.2, -0.15) is 0 Å². The van der Waals surface area contributed by atoms with Gasteiger partial charge in [-0.3, -0.25) is 0 Å². The number of fused-ring (bicyclic) bond motifs is 7. The van der Waals surface area contributed by atoms with Crippen molar-refractivity contribution in [2.75, 3.05) is 0 Å². The quantitative estimate of drug-likeness (QED) is 0.230. The molecule has 0 aliphatic heterocycles. The summed E-state index contributed by atoms with van der Waals surface area (Å²) in [4.78, 5) is 4.75. The molecule has 0 amide bonds. The molecule has 3 aromatic heterocycles. The zero-order valence-electron chi connectivity index (χ0n) is 21.9. The first-order chi connectivity index (χ1) is 20.3. The molecule has 4 heteroatoms. The van der Waals surface area contributed by atoms with Crippen LogP contribution in [0.15, 0.2) is 142 Å². The van der Waals surface area contributed by atoms with Gasteiger partial charge in [0.25, 0.3) is 0 Å². The van der Waals surface area contributed by atoms with Gasteiger partial charge in [0.2, 0.25) is 5.89 Å². The third kappa shape index (κ3) is 3.31. The summed E-state index contributed by atoms with van der Waals surface area (Å²) in [6.45, 7) is 0. The van der Waals surface area contributed by atoms with Gasteiger partial charge < -0.3 is 13.4 Å². The minimum Gasteiger partial charge on any atom is -0.456 e. The zero-order chi connectivity index (χ0) is 26.9. The summed E-state index contributed by atoms with van der Waals surface area (Å²) in [5.74, 6) is 0.621. The third-order valence-electron chi connectivity index (χ3n) is 8.04. The lowest BCUT2D eigenvalue weighted by molar-refractivity contribution is 0.621. The average molecular weight is 527 g/mol. The summed E-state index contributed by atoms with van der Waals surface area (Å²) in [6, 6.07) is 46.1. The fourth-order valence-corrected chi connectivity index (χ4v) is 6.15. The molecule has 4 nitrogen and oxygen atoms in total. The second-order valence-electron chi connectivity index (χ2n) is 10.4. The normalized spacial score (nSPS) is 11.9. The van der Waals surface area contributed by atoms with Crippen molar-refractivity contribution in [3.63, 3.8) is 0 Å². The van der Waals surface area contributed by atoms with E-state index in [-0.39, 0.29) is 0 Å². The highest BCUT2D eigenvalue weighted by Gasteiger charge is 2.16. The highest BCUT2D eigenvalue weighted by Crippen LogP contribution is 2.38. The molecule has 6 aromatic carbocycles. The minimum atomic E-state index is 0.621. The molecule has 3 heterocycles. The van der Waals surface area contributed by atoms with E-state index in [1.807, 2.05) is 42.5 Å². The van der Waals surface area contributed by atoms with E-state index in [0.717, 1.165) is 55.4 Å². The van der Waals surface area contributed by atoms with Crippen LogP contribution in [0.3, 0.4) is 0 Å². The molecule has 0 unspecified atom stereocenters. The summed E-state index contributed by atoms with van der Waals surface area (Å²) in [5.41, 5.74) is 9.80. The Morgan fingerprint density at radius 1 is 0.488 bits per heavy atom. The number of aromatic nitrogens is 2. The fourth-order valence-electron chi connectivity index (χ4n) is 6.15. The number of hydrogen-bond donors (Lipinski definition) is 0. The topological polar surface area (TPSA) is 44.1 Å². The Hall–Kier alpha value is -5.61. The molecule has 0 atom stereocenters. The van der Waals surface area contributed by atoms with Gasteiger partial charge in [0, 0.05) is 38.4 Å². The van der Waals surface area contributed by atoms with E-state index in [0.29, 0.717) is 5.89 Å². The molecule has 0 saturated heterocycles. The van der Waals surface area contributed by atoms with Gasteiger partial charge in [-0.25, -0.2) is 4.98 Å². The maximum atomic E-state index is 6.39. The zero-order valence-corrected chi connectivity index (χ0v) is 21.9. The smallest absolute Gasteiger partial charge is 0.227 e. The van der Waals surface area contributed by atoms with E-state index in [2.05, 4.69) is 95.6 Å². The SMILES string of the molecule is c1ccc(-c2nc3cccc(-c4ccc5c(c4)oc4ccc(-n6c7ccccc7c7ccccc76)cc45)c3o2)cc1. The molecule has 41 heavy (non-hydrogen) atoms. The van der Waals surface area contributed by atoms with Crippen LogP contribution in [0.1, 0.15) is 0 Å². The molecule has 9 rings (SSSR count). The van der Waals surface area contributed by atoms with Gasteiger partial charge in [-0.1, -0.05) is 72.8 Å². The number of benzene rings is 6. The van der Waals surface area contributed by atoms with Crippen molar-refractivity contribution in [3.05, 3.63) is 133 Å². The number of nitrogens with zero attached hydrogens (tertiary/aromatic N) is 2.